The van der Waals surface area contributed by atoms with Gasteiger partial charge in [-0.25, -0.2) is 14.4 Å². The molecule has 0 spiro atoms. The summed E-state index contributed by atoms with van der Waals surface area (Å²) in [7, 11) is 4.06. The molecule has 32 heavy (non-hydrogen) atoms. The predicted molar refractivity (Wildman–Crippen MR) is 131 cm³/mol. The molecule has 0 atom stereocenters. The first-order valence-corrected chi connectivity index (χ1v) is 12.0. The van der Waals surface area contributed by atoms with E-state index < -0.39 is 6.67 Å². The smallest absolute Gasteiger partial charge is 0.152 e. The first-order chi connectivity index (χ1) is 15.6. The lowest BCUT2D eigenvalue weighted by molar-refractivity contribution is 0.0897. The van der Waals surface area contributed by atoms with Gasteiger partial charge in [0.05, 0.1) is 24.6 Å². The molecule has 0 aliphatic heterocycles. The van der Waals surface area contributed by atoms with Gasteiger partial charge >= 0.3 is 0 Å². The summed E-state index contributed by atoms with van der Waals surface area (Å²) in [6.45, 7) is 0.398. The van der Waals surface area contributed by atoms with Crippen molar-refractivity contribution in [3.05, 3.63) is 59.3 Å². The molecular weight excluding hydrogens is 445 g/mol. The molecule has 0 fully saturated rings. The number of aromatic nitrogens is 2. The van der Waals surface area contributed by atoms with Crippen molar-refractivity contribution in [2.24, 2.45) is 0 Å². The molecular formula is C24H24FN3O2S2. The van der Waals surface area contributed by atoms with Crippen molar-refractivity contribution in [3.8, 4) is 38.3 Å². The summed E-state index contributed by atoms with van der Waals surface area (Å²) in [5, 5.41) is 5.95. The first-order valence-electron chi connectivity index (χ1n) is 10.2. The molecule has 2 heterocycles. The van der Waals surface area contributed by atoms with Crippen LogP contribution in [-0.2, 0) is 4.74 Å². The van der Waals surface area contributed by atoms with Crippen molar-refractivity contribution in [2.75, 3.05) is 45.5 Å². The van der Waals surface area contributed by atoms with Gasteiger partial charge in [0.1, 0.15) is 19.0 Å². The van der Waals surface area contributed by atoms with E-state index in [1.165, 1.54) is 0 Å². The molecule has 4 rings (SSSR count). The van der Waals surface area contributed by atoms with Gasteiger partial charge in [-0.2, -0.15) is 0 Å². The minimum absolute atomic E-state index is 0.109. The van der Waals surface area contributed by atoms with Gasteiger partial charge in [-0.15, -0.1) is 22.7 Å². The number of anilines is 1. The summed E-state index contributed by atoms with van der Waals surface area (Å²) in [6.07, 6.45) is 0. The number of hydrogen-bond donors (Lipinski definition) is 0. The molecule has 0 aliphatic carbocycles. The second-order valence-electron chi connectivity index (χ2n) is 7.19. The lowest BCUT2D eigenvalue weighted by atomic mass is 10.1. The molecule has 8 heteroatoms. The molecule has 0 amide bonds. The average molecular weight is 470 g/mol. The predicted octanol–water partition coefficient (Wildman–Crippen LogP) is 6.03. The maximum absolute atomic E-state index is 12.0. The van der Waals surface area contributed by atoms with Crippen molar-refractivity contribution >= 4 is 28.4 Å². The van der Waals surface area contributed by atoms with E-state index in [1.54, 1.807) is 22.7 Å². The number of ether oxygens (including phenoxy) is 2. The minimum atomic E-state index is -0.476. The fourth-order valence-electron chi connectivity index (χ4n) is 3.04. The number of alkyl halides is 1. The molecule has 2 aromatic carbocycles. The van der Waals surface area contributed by atoms with Gasteiger partial charge in [0, 0.05) is 41.7 Å². The Morgan fingerprint density at radius 3 is 1.88 bits per heavy atom. The third-order valence-electron chi connectivity index (χ3n) is 4.74. The van der Waals surface area contributed by atoms with Crippen LogP contribution in [0.5, 0.6) is 5.75 Å². The van der Waals surface area contributed by atoms with Gasteiger partial charge in [-0.3, -0.25) is 0 Å². The van der Waals surface area contributed by atoms with Gasteiger partial charge in [-0.1, -0.05) is 12.1 Å². The summed E-state index contributed by atoms with van der Waals surface area (Å²) in [4.78, 5) is 11.7. The van der Waals surface area contributed by atoms with Crippen molar-refractivity contribution < 1.29 is 13.9 Å². The molecule has 0 aliphatic rings. The molecule has 0 saturated carbocycles. The maximum atomic E-state index is 12.0. The molecule has 166 valence electrons. The second kappa shape index (κ2) is 10.7. The van der Waals surface area contributed by atoms with E-state index >= 15 is 0 Å². The standard InChI is InChI=1S/C24H24FN3O2S2/c1-28(2)19-7-3-17(4-8-19)21-15-31-23(26-21)24-27-22(16-32-24)18-5-9-20(10-6-18)30-14-13-29-12-11-25/h3-10,15-16H,11-14H2,1-2H3. The lowest BCUT2D eigenvalue weighted by Gasteiger charge is -2.12. The van der Waals surface area contributed by atoms with Crippen LogP contribution in [0.3, 0.4) is 0 Å². The number of thiazole rings is 2. The summed E-state index contributed by atoms with van der Waals surface area (Å²) < 4.78 is 22.7. The summed E-state index contributed by atoms with van der Waals surface area (Å²) in [5.74, 6) is 0.748. The summed E-state index contributed by atoms with van der Waals surface area (Å²) in [6, 6.07) is 16.2. The van der Waals surface area contributed by atoms with Crippen LogP contribution in [0.25, 0.3) is 32.5 Å². The van der Waals surface area contributed by atoms with E-state index in [2.05, 4.69) is 34.5 Å². The monoisotopic (exact) mass is 469 g/mol. The van der Waals surface area contributed by atoms with Crippen molar-refractivity contribution in [1.29, 1.82) is 0 Å². The number of nitrogens with zero attached hydrogens (tertiary/aromatic N) is 3. The molecule has 0 bridgehead atoms. The highest BCUT2D eigenvalue weighted by molar-refractivity contribution is 7.20. The Morgan fingerprint density at radius 1 is 0.781 bits per heavy atom. The van der Waals surface area contributed by atoms with Gasteiger partial charge in [-0.05, 0) is 36.4 Å². The minimum Gasteiger partial charge on any atom is -0.491 e. The SMILES string of the molecule is CN(C)c1ccc(-c2csc(-c3nc(-c4ccc(OCCOCCF)cc4)cs3)n2)cc1. The Bertz CT molecular complexity index is 1120. The van der Waals surface area contributed by atoms with Crippen molar-refractivity contribution in [3.63, 3.8) is 0 Å². The summed E-state index contributed by atoms with van der Waals surface area (Å²) >= 11 is 3.19. The van der Waals surface area contributed by atoms with Crippen molar-refractivity contribution in [2.45, 2.75) is 0 Å². The molecule has 2 aromatic heterocycles. The Morgan fingerprint density at radius 2 is 1.34 bits per heavy atom. The van der Waals surface area contributed by atoms with Gasteiger partial charge in [0.15, 0.2) is 10.0 Å². The van der Waals surface area contributed by atoms with Crippen LogP contribution in [0.15, 0.2) is 59.3 Å². The molecule has 0 unspecified atom stereocenters. The average Bonchev–Trinajstić information content (AvgIpc) is 3.49. The number of hydrogen-bond acceptors (Lipinski definition) is 7. The fraction of sp³-hybridized carbons (Fsp3) is 0.250. The highest BCUT2D eigenvalue weighted by Crippen LogP contribution is 2.34. The number of rotatable bonds is 10. The Balaban J connectivity index is 1.41. The zero-order valence-electron chi connectivity index (χ0n) is 18.0. The lowest BCUT2D eigenvalue weighted by Crippen LogP contribution is -2.08. The van der Waals surface area contributed by atoms with E-state index in [0.29, 0.717) is 13.2 Å². The van der Waals surface area contributed by atoms with Crippen LogP contribution >= 0.6 is 22.7 Å². The van der Waals surface area contributed by atoms with Gasteiger partial charge < -0.3 is 14.4 Å². The maximum Gasteiger partial charge on any atom is 0.152 e. The Hall–Kier alpha value is -2.81. The largest absolute Gasteiger partial charge is 0.491 e. The second-order valence-corrected chi connectivity index (χ2v) is 8.91. The normalized spacial score (nSPS) is 11.0. The van der Waals surface area contributed by atoms with E-state index in [0.717, 1.165) is 44.0 Å². The Labute approximate surface area is 195 Å². The fourth-order valence-corrected chi connectivity index (χ4v) is 4.74. The highest BCUT2D eigenvalue weighted by atomic mass is 32.1. The quantitative estimate of drug-likeness (QED) is 0.265. The van der Waals surface area contributed by atoms with Crippen LogP contribution < -0.4 is 9.64 Å². The van der Waals surface area contributed by atoms with Crippen LogP contribution in [-0.4, -0.2) is 50.6 Å². The van der Waals surface area contributed by atoms with Gasteiger partial charge in [0.25, 0.3) is 0 Å². The first kappa shape index (κ1) is 22.4. The van der Waals surface area contributed by atoms with Crippen LogP contribution in [0, 0.1) is 0 Å². The van der Waals surface area contributed by atoms with E-state index in [4.69, 9.17) is 19.4 Å². The Kier molecular flexibility index (Phi) is 7.47. The van der Waals surface area contributed by atoms with E-state index in [-0.39, 0.29) is 6.61 Å². The van der Waals surface area contributed by atoms with Crippen molar-refractivity contribution in [1.82, 2.24) is 9.97 Å². The molecule has 0 N–H and O–H groups in total. The van der Waals surface area contributed by atoms with Crippen LogP contribution in [0.4, 0.5) is 10.1 Å². The zero-order valence-corrected chi connectivity index (χ0v) is 19.6. The topological polar surface area (TPSA) is 47.5 Å². The van der Waals surface area contributed by atoms with E-state index in [9.17, 15) is 4.39 Å². The molecule has 4 aromatic rings. The number of benzene rings is 2. The van der Waals surface area contributed by atoms with Gasteiger partial charge in [0.2, 0.25) is 0 Å². The number of halogens is 1. The van der Waals surface area contributed by atoms with Crippen LogP contribution in [0.1, 0.15) is 0 Å². The third-order valence-corrected chi connectivity index (χ3v) is 6.57. The highest BCUT2D eigenvalue weighted by Gasteiger charge is 2.12. The molecule has 0 saturated heterocycles. The third kappa shape index (κ3) is 5.51. The van der Waals surface area contributed by atoms with E-state index in [1.807, 2.05) is 43.7 Å². The van der Waals surface area contributed by atoms with Crippen LogP contribution in [0.2, 0.25) is 0 Å². The molecule has 0 radical (unpaired) electrons. The summed E-state index contributed by atoms with van der Waals surface area (Å²) in [5.41, 5.74) is 5.15. The zero-order chi connectivity index (χ0) is 22.3. The molecule has 5 nitrogen and oxygen atoms in total.